The van der Waals surface area contributed by atoms with E-state index in [9.17, 15) is 0 Å². The molecule has 0 aliphatic rings. The van der Waals surface area contributed by atoms with Crippen LogP contribution in [0.4, 0.5) is 0 Å². The Morgan fingerprint density at radius 2 is 1.83 bits per heavy atom. The van der Waals surface area contributed by atoms with Crippen LogP contribution in [0, 0.1) is 13.8 Å². The summed E-state index contributed by atoms with van der Waals surface area (Å²) in [6.07, 6.45) is 1.04. The first-order valence-electron chi connectivity index (χ1n) is 6.46. The fourth-order valence-corrected chi connectivity index (χ4v) is 2.40. The predicted molar refractivity (Wildman–Crippen MR) is 75.2 cm³/mol. The molecule has 2 rings (SSSR count). The second kappa shape index (κ2) is 5.36. The maximum atomic E-state index is 4.63. The van der Waals surface area contributed by atoms with Crippen molar-refractivity contribution >= 4 is 0 Å². The monoisotopic (exact) mass is 243 g/mol. The van der Waals surface area contributed by atoms with Crippen LogP contribution in [0.5, 0.6) is 0 Å². The molecule has 0 unspecified atom stereocenters. The summed E-state index contributed by atoms with van der Waals surface area (Å²) < 4.78 is 2.04. The lowest BCUT2D eigenvalue weighted by atomic mass is 10.1. The fourth-order valence-electron chi connectivity index (χ4n) is 2.40. The first kappa shape index (κ1) is 12.8. The molecule has 0 radical (unpaired) electrons. The number of aromatic nitrogens is 2. The van der Waals surface area contributed by atoms with Crippen LogP contribution in [0.2, 0.25) is 0 Å². The molecule has 0 aliphatic heterocycles. The predicted octanol–water partition coefficient (Wildman–Crippen LogP) is 2.77. The summed E-state index contributed by atoms with van der Waals surface area (Å²) in [6, 6.07) is 8.55. The molecule has 0 aliphatic carbocycles. The number of benzene rings is 1. The quantitative estimate of drug-likeness (QED) is 0.895. The Balaban J connectivity index is 2.36. The van der Waals surface area contributed by atoms with Gasteiger partial charge in [0.25, 0.3) is 0 Å². The molecule has 3 heteroatoms. The molecule has 1 N–H and O–H groups in total. The van der Waals surface area contributed by atoms with Crippen LogP contribution in [0.1, 0.15) is 29.4 Å². The highest BCUT2D eigenvalue weighted by atomic mass is 15.3. The van der Waals surface area contributed by atoms with Gasteiger partial charge in [0.2, 0.25) is 0 Å². The van der Waals surface area contributed by atoms with Crippen molar-refractivity contribution in [3.63, 3.8) is 0 Å². The van der Waals surface area contributed by atoms with Crippen molar-refractivity contribution in [1.82, 2.24) is 15.1 Å². The van der Waals surface area contributed by atoms with E-state index in [1.54, 1.807) is 0 Å². The SMILES string of the molecule is CCc1c(C)nn(-c2ccc(CNC)cc2)c1C. The summed E-state index contributed by atoms with van der Waals surface area (Å²) in [4.78, 5) is 0. The van der Waals surface area contributed by atoms with Crippen molar-refractivity contribution in [3.05, 3.63) is 46.8 Å². The Kier molecular flexibility index (Phi) is 3.82. The minimum Gasteiger partial charge on any atom is -0.316 e. The summed E-state index contributed by atoms with van der Waals surface area (Å²) in [5.74, 6) is 0. The zero-order valence-corrected chi connectivity index (χ0v) is 11.6. The van der Waals surface area contributed by atoms with Crippen LogP contribution < -0.4 is 5.32 Å². The van der Waals surface area contributed by atoms with E-state index in [0.717, 1.165) is 24.3 Å². The smallest absolute Gasteiger partial charge is 0.0649 e. The van der Waals surface area contributed by atoms with Gasteiger partial charge < -0.3 is 5.32 Å². The lowest BCUT2D eigenvalue weighted by Crippen LogP contribution is -2.05. The van der Waals surface area contributed by atoms with Crippen molar-refractivity contribution in [2.75, 3.05) is 7.05 Å². The Morgan fingerprint density at radius 1 is 1.17 bits per heavy atom. The first-order valence-corrected chi connectivity index (χ1v) is 6.46. The fraction of sp³-hybridized carbons (Fsp3) is 0.400. The minimum atomic E-state index is 0.900. The number of nitrogens with zero attached hydrogens (tertiary/aromatic N) is 2. The number of aryl methyl sites for hydroxylation is 1. The summed E-state index contributed by atoms with van der Waals surface area (Å²) in [7, 11) is 1.96. The summed E-state index contributed by atoms with van der Waals surface area (Å²) in [6.45, 7) is 7.30. The van der Waals surface area contributed by atoms with Crippen LogP contribution in [0.25, 0.3) is 5.69 Å². The van der Waals surface area contributed by atoms with Gasteiger partial charge in [-0.25, -0.2) is 4.68 Å². The van der Waals surface area contributed by atoms with Crippen LogP contribution in [0.15, 0.2) is 24.3 Å². The third-order valence-electron chi connectivity index (χ3n) is 3.36. The van der Waals surface area contributed by atoms with Gasteiger partial charge in [0.05, 0.1) is 11.4 Å². The molecule has 1 heterocycles. The Morgan fingerprint density at radius 3 is 2.33 bits per heavy atom. The molecule has 3 nitrogen and oxygen atoms in total. The average molecular weight is 243 g/mol. The number of hydrogen-bond donors (Lipinski definition) is 1. The molecule has 0 atom stereocenters. The summed E-state index contributed by atoms with van der Waals surface area (Å²) in [5, 5.41) is 7.78. The van der Waals surface area contributed by atoms with E-state index in [-0.39, 0.29) is 0 Å². The molecule has 0 spiro atoms. The van der Waals surface area contributed by atoms with Gasteiger partial charge in [-0.2, -0.15) is 5.10 Å². The average Bonchev–Trinajstić information content (AvgIpc) is 2.66. The van der Waals surface area contributed by atoms with Gasteiger partial charge in [-0.05, 0) is 50.6 Å². The first-order chi connectivity index (χ1) is 8.67. The lowest BCUT2D eigenvalue weighted by molar-refractivity contribution is 0.810. The molecular formula is C15H21N3. The van der Waals surface area contributed by atoms with Crippen LogP contribution in [0.3, 0.4) is 0 Å². The van der Waals surface area contributed by atoms with Gasteiger partial charge in [-0.1, -0.05) is 19.1 Å². The molecule has 0 saturated heterocycles. The highest BCUT2D eigenvalue weighted by molar-refractivity contribution is 5.38. The van der Waals surface area contributed by atoms with Gasteiger partial charge in [0.1, 0.15) is 0 Å². The Bertz CT molecular complexity index is 523. The van der Waals surface area contributed by atoms with E-state index in [0.29, 0.717) is 0 Å². The van der Waals surface area contributed by atoms with Crippen molar-refractivity contribution < 1.29 is 0 Å². The van der Waals surface area contributed by atoms with E-state index in [4.69, 9.17) is 0 Å². The Labute approximate surface area is 109 Å². The highest BCUT2D eigenvalue weighted by Crippen LogP contribution is 2.18. The molecule has 0 bridgehead atoms. The standard InChI is InChI=1S/C15H21N3/c1-5-15-11(2)17-18(12(15)3)14-8-6-13(7-9-14)10-16-4/h6-9,16H,5,10H2,1-4H3. The van der Waals surface area contributed by atoms with Crippen LogP contribution >= 0.6 is 0 Å². The second-order valence-electron chi connectivity index (χ2n) is 4.61. The molecule has 0 fully saturated rings. The van der Waals surface area contributed by atoms with E-state index in [1.165, 1.54) is 16.8 Å². The highest BCUT2D eigenvalue weighted by Gasteiger charge is 2.10. The van der Waals surface area contributed by atoms with E-state index < -0.39 is 0 Å². The maximum Gasteiger partial charge on any atom is 0.0649 e. The molecule has 0 amide bonds. The van der Waals surface area contributed by atoms with E-state index >= 15 is 0 Å². The Hall–Kier alpha value is -1.61. The maximum absolute atomic E-state index is 4.63. The number of hydrogen-bond acceptors (Lipinski definition) is 2. The van der Waals surface area contributed by atoms with Crippen LogP contribution in [-0.4, -0.2) is 16.8 Å². The zero-order chi connectivity index (χ0) is 13.1. The second-order valence-corrected chi connectivity index (χ2v) is 4.61. The molecule has 1 aromatic carbocycles. The van der Waals surface area contributed by atoms with E-state index in [1.807, 2.05) is 11.7 Å². The number of rotatable bonds is 4. The zero-order valence-electron chi connectivity index (χ0n) is 11.6. The van der Waals surface area contributed by atoms with Gasteiger partial charge in [-0.15, -0.1) is 0 Å². The van der Waals surface area contributed by atoms with Gasteiger partial charge in [0, 0.05) is 12.2 Å². The molecule has 18 heavy (non-hydrogen) atoms. The van der Waals surface area contributed by atoms with Gasteiger partial charge in [-0.3, -0.25) is 0 Å². The topological polar surface area (TPSA) is 29.9 Å². The van der Waals surface area contributed by atoms with Crippen LogP contribution in [-0.2, 0) is 13.0 Å². The van der Waals surface area contributed by atoms with Gasteiger partial charge in [0.15, 0.2) is 0 Å². The molecule has 2 aromatic rings. The summed E-state index contributed by atoms with van der Waals surface area (Å²) >= 11 is 0. The van der Waals surface area contributed by atoms with Crippen molar-refractivity contribution in [2.45, 2.75) is 33.7 Å². The van der Waals surface area contributed by atoms with Crippen molar-refractivity contribution in [1.29, 1.82) is 0 Å². The van der Waals surface area contributed by atoms with Crippen molar-refractivity contribution in [3.8, 4) is 5.69 Å². The normalized spacial score (nSPS) is 10.9. The molecule has 1 aromatic heterocycles. The summed E-state index contributed by atoms with van der Waals surface area (Å²) in [5.41, 5.74) is 6.16. The van der Waals surface area contributed by atoms with E-state index in [2.05, 4.69) is 55.5 Å². The van der Waals surface area contributed by atoms with Crippen molar-refractivity contribution in [2.24, 2.45) is 0 Å². The molecule has 0 saturated carbocycles. The lowest BCUT2D eigenvalue weighted by Gasteiger charge is -2.06. The largest absolute Gasteiger partial charge is 0.316 e. The van der Waals surface area contributed by atoms with Gasteiger partial charge >= 0.3 is 0 Å². The minimum absolute atomic E-state index is 0.900. The molecular weight excluding hydrogens is 222 g/mol. The third kappa shape index (κ3) is 2.31. The number of nitrogens with one attached hydrogen (secondary N) is 1. The molecule has 96 valence electrons. The third-order valence-corrected chi connectivity index (χ3v) is 3.36.